The van der Waals surface area contributed by atoms with Crippen molar-refractivity contribution < 1.29 is 4.52 Å². The average molecular weight is 321 g/mol. The molecule has 0 aliphatic heterocycles. The average Bonchev–Trinajstić information content (AvgIpc) is 2.82. The van der Waals surface area contributed by atoms with E-state index in [-0.39, 0.29) is 0 Å². The quantitative estimate of drug-likeness (QED) is 0.918. The highest BCUT2D eigenvalue weighted by atomic mass is 79.9. The minimum absolute atomic E-state index is 0.363. The van der Waals surface area contributed by atoms with E-state index in [2.05, 4.69) is 31.1 Å². The molecule has 2 N–H and O–H groups in total. The molecule has 98 valence electrons. The Morgan fingerprint density at radius 2 is 2.05 bits per heavy atom. The number of aromatic nitrogens is 3. The van der Waals surface area contributed by atoms with E-state index in [1.165, 1.54) is 0 Å². The zero-order valence-electron chi connectivity index (χ0n) is 10.2. The maximum atomic E-state index is 5.93. The van der Waals surface area contributed by atoms with Gasteiger partial charge in [-0.3, -0.25) is 4.98 Å². The fraction of sp³-hybridized carbons (Fsp3) is 0.462. The Balaban J connectivity index is 1.56. The first-order chi connectivity index (χ1) is 9.22. The summed E-state index contributed by atoms with van der Waals surface area (Å²) in [5, 5.41) is 4.03. The van der Waals surface area contributed by atoms with Gasteiger partial charge in [0.05, 0.1) is 0 Å². The lowest BCUT2D eigenvalue weighted by Crippen LogP contribution is -2.17. The number of nitrogens with zero attached hydrogens (tertiary/aromatic N) is 3. The number of rotatable bonds is 2. The van der Waals surface area contributed by atoms with Crippen molar-refractivity contribution in [2.24, 2.45) is 17.6 Å². The van der Waals surface area contributed by atoms with Crippen LogP contribution in [0, 0.1) is 11.8 Å². The normalized spacial score (nSPS) is 32.3. The van der Waals surface area contributed by atoms with E-state index in [1.54, 1.807) is 6.20 Å². The van der Waals surface area contributed by atoms with Crippen LogP contribution >= 0.6 is 15.9 Å². The Labute approximate surface area is 118 Å². The van der Waals surface area contributed by atoms with Crippen molar-refractivity contribution in [1.29, 1.82) is 0 Å². The van der Waals surface area contributed by atoms with Crippen LogP contribution in [0.25, 0.3) is 11.5 Å². The van der Waals surface area contributed by atoms with Crippen molar-refractivity contribution in [3.05, 3.63) is 28.7 Å². The zero-order valence-corrected chi connectivity index (χ0v) is 11.7. The van der Waals surface area contributed by atoms with E-state index >= 15 is 0 Å². The molecule has 0 amide bonds. The first kappa shape index (κ1) is 11.5. The summed E-state index contributed by atoms with van der Waals surface area (Å²) >= 11 is 3.36. The molecule has 19 heavy (non-hydrogen) atoms. The molecule has 2 heterocycles. The van der Waals surface area contributed by atoms with Crippen molar-refractivity contribution >= 4 is 15.9 Å². The van der Waals surface area contributed by atoms with Crippen LogP contribution in [0.2, 0.25) is 0 Å². The first-order valence-corrected chi connectivity index (χ1v) is 7.23. The lowest BCUT2D eigenvalue weighted by molar-refractivity contribution is 0.365. The molecule has 0 radical (unpaired) electrons. The second-order valence-corrected chi connectivity index (χ2v) is 6.32. The Morgan fingerprint density at radius 3 is 2.74 bits per heavy atom. The van der Waals surface area contributed by atoms with E-state index in [1.807, 2.05) is 12.1 Å². The molecular formula is C13H13BrN4O. The number of hydrogen-bond acceptors (Lipinski definition) is 5. The van der Waals surface area contributed by atoms with Gasteiger partial charge in [0.2, 0.25) is 11.7 Å². The molecule has 2 aliphatic carbocycles. The molecule has 2 fully saturated rings. The summed E-state index contributed by atoms with van der Waals surface area (Å²) in [5.74, 6) is 3.05. The van der Waals surface area contributed by atoms with Gasteiger partial charge in [0.1, 0.15) is 5.69 Å². The van der Waals surface area contributed by atoms with Gasteiger partial charge in [0.25, 0.3) is 0 Å². The molecular weight excluding hydrogens is 308 g/mol. The minimum Gasteiger partial charge on any atom is -0.339 e. The third kappa shape index (κ3) is 1.90. The molecule has 0 aromatic carbocycles. The van der Waals surface area contributed by atoms with Crippen LogP contribution in [0.3, 0.4) is 0 Å². The monoisotopic (exact) mass is 320 g/mol. The van der Waals surface area contributed by atoms with Crippen LogP contribution in [0.1, 0.15) is 24.7 Å². The molecule has 2 aromatic rings. The van der Waals surface area contributed by atoms with Crippen molar-refractivity contribution in [1.82, 2.24) is 15.1 Å². The van der Waals surface area contributed by atoms with Crippen molar-refractivity contribution in [2.75, 3.05) is 0 Å². The lowest BCUT2D eigenvalue weighted by atomic mass is 10.1. The van der Waals surface area contributed by atoms with E-state index in [9.17, 15) is 0 Å². The van der Waals surface area contributed by atoms with Gasteiger partial charge in [-0.05, 0) is 52.7 Å². The van der Waals surface area contributed by atoms with Gasteiger partial charge in [-0.2, -0.15) is 4.98 Å². The second kappa shape index (κ2) is 4.11. The highest BCUT2D eigenvalue weighted by Crippen LogP contribution is 2.62. The summed E-state index contributed by atoms with van der Waals surface area (Å²) < 4.78 is 6.33. The SMILES string of the molecule is NC1CC2C(C1)C2c1nc(-c2ccc(Br)cn2)no1. The largest absolute Gasteiger partial charge is 0.339 e. The summed E-state index contributed by atoms with van der Waals surface area (Å²) in [4.78, 5) is 8.76. The van der Waals surface area contributed by atoms with Gasteiger partial charge < -0.3 is 10.3 Å². The third-order valence-electron chi connectivity index (χ3n) is 4.16. The Hall–Kier alpha value is -1.27. The van der Waals surface area contributed by atoms with Crippen LogP contribution in [0.5, 0.6) is 0 Å². The van der Waals surface area contributed by atoms with Gasteiger partial charge in [-0.15, -0.1) is 0 Å². The standard InChI is InChI=1S/C13H13BrN4O/c14-6-1-2-10(16-5-6)12-17-13(19-18-12)11-8-3-7(15)4-9(8)11/h1-2,5,7-9,11H,3-4,15H2. The molecule has 2 unspecified atom stereocenters. The van der Waals surface area contributed by atoms with Crippen LogP contribution in [-0.2, 0) is 0 Å². The fourth-order valence-corrected chi connectivity index (χ4v) is 3.47. The maximum absolute atomic E-state index is 5.93. The first-order valence-electron chi connectivity index (χ1n) is 6.43. The van der Waals surface area contributed by atoms with Gasteiger partial charge in [0.15, 0.2) is 0 Å². The predicted octanol–water partition coefficient (Wildman–Crippen LogP) is 2.34. The van der Waals surface area contributed by atoms with E-state index < -0.39 is 0 Å². The van der Waals surface area contributed by atoms with Crippen molar-refractivity contribution in [2.45, 2.75) is 24.8 Å². The van der Waals surface area contributed by atoms with E-state index in [0.29, 0.717) is 29.6 Å². The number of fused-ring (bicyclic) bond motifs is 1. The smallest absolute Gasteiger partial charge is 0.230 e. The second-order valence-electron chi connectivity index (χ2n) is 5.40. The van der Waals surface area contributed by atoms with Crippen LogP contribution in [0.15, 0.2) is 27.3 Å². The highest BCUT2D eigenvalue weighted by Gasteiger charge is 2.58. The molecule has 6 heteroatoms. The van der Waals surface area contributed by atoms with Crippen LogP contribution < -0.4 is 5.73 Å². The Bertz CT molecular complexity index is 599. The van der Waals surface area contributed by atoms with Crippen molar-refractivity contribution in [3.63, 3.8) is 0 Å². The summed E-state index contributed by atoms with van der Waals surface area (Å²) in [6, 6.07) is 4.16. The topological polar surface area (TPSA) is 77.8 Å². The number of nitrogens with two attached hydrogens (primary N) is 1. The van der Waals surface area contributed by atoms with E-state index in [0.717, 1.165) is 28.9 Å². The summed E-state index contributed by atoms with van der Waals surface area (Å²) in [6.07, 6.45) is 3.91. The minimum atomic E-state index is 0.363. The van der Waals surface area contributed by atoms with Crippen LogP contribution in [-0.4, -0.2) is 21.2 Å². The van der Waals surface area contributed by atoms with Gasteiger partial charge in [0, 0.05) is 22.6 Å². The fourth-order valence-electron chi connectivity index (χ4n) is 3.23. The molecule has 2 atom stereocenters. The zero-order chi connectivity index (χ0) is 13.0. The molecule has 2 aromatic heterocycles. The predicted molar refractivity (Wildman–Crippen MR) is 72.2 cm³/mol. The Morgan fingerprint density at radius 1 is 1.26 bits per heavy atom. The molecule has 0 spiro atoms. The van der Waals surface area contributed by atoms with Crippen molar-refractivity contribution in [3.8, 4) is 11.5 Å². The molecule has 2 aliphatic rings. The molecule has 0 saturated heterocycles. The summed E-state index contributed by atoms with van der Waals surface area (Å²) in [6.45, 7) is 0. The van der Waals surface area contributed by atoms with Gasteiger partial charge in [-0.1, -0.05) is 5.16 Å². The Kier molecular flexibility index (Phi) is 2.50. The van der Waals surface area contributed by atoms with Gasteiger partial charge >= 0.3 is 0 Å². The number of halogens is 1. The summed E-state index contributed by atoms with van der Waals surface area (Å²) in [7, 11) is 0. The highest BCUT2D eigenvalue weighted by molar-refractivity contribution is 9.10. The van der Waals surface area contributed by atoms with E-state index in [4.69, 9.17) is 10.3 Å². The van der Waals surface area contributed by atoms with Crippen LogP contribution in [0.4, 0.5) is 0 Å². The van der Waals surface area contributed by atoms with Gasteiger partial charge in [-0.25, -0.2) is 0 Å². The maximum Gasteiger partial charge on any atom is 0.230 e. The molecule has 5 nitrogen and oxygen atoms in total. The number of hydrogen-bond donors (Lipinski definition) is 1. The third-order valence-corrected chi connectivity index (χ3v) is 4.63. The molecule has 2 saturated carbocycles. The number of pyridine rings is 1. The lowest BCUT2D eigenvalue weighted by Gasteiger charge is -2.04. The molecule has 4 rings (SSSR count). The summed E-state index contributed by atoms with van der Waals surface area (Å²) in [5.41, 5.74) is 6.66. The molecule has 0 bridgehead atoms.